The van der Waals surface area contributed by atoms with Gasteiger partial charge in [-0.05, 0) is 86.2 Å². The molecule has 1 spiro atoms. The minimum Gasteiger partial charge on any atom is -0.451 e. The summed E-state index contributed by atoms with van der Waals surface area (Å²) in [6.45, 7) is 6.63. The van der Waals surface area contributed by atoms with E-state index in [2.05, 4.69) is 36.9 Å². The Bertz CT molecular complexity index is 856. The predicted molar refractivity (Wildman–Crippen MR) is 106 cm³/mol. The van der Waals surface area contributed by atoms with Crippen LogP contribution in [0.15, 0.2) is 41.6 Å². The summed E-state index contributed by atoms with van der Waals surface area (Å²) >= 11 is 0. The lowest BCUT2D eigenvalue weighted by Crippen LogP contribution is -2.56. The normalized spacial score (nSPS) is 54.5. The molecule has 4 nitrogen and oxygen atoms in total. The number of esters is 1. The molecule has 0 aromatic carbocycles. The summed E-state index contributed by atoms with van der Waals surface area (Å²) < 4.78 is 6.09. The van der Waals surface area contributed by atoms with Crippen LogP contribution in [0.4, 0.5) is 0 Å². The standard InChI is InChI=1S/C24H29NO3/c1-3-13-10-14-11-15(25-27)4-5-16(14)17-6-8-23(2)22(21(13)17)18-12-19(18)24(23)9-7-20(26)28-24/h3,7,9,11,13,16-19,21-22,27H,1,4-6,8,10,12H2,2H3/b25-15+/t13-,16-,17?,18+,19-,21?,22?,23-,24-/m0/s1. The van der Waals surface area contributed by atoms with E-state index in [0.717, 1.165) is 31.4 Å². The van der Waals surface area contributed by atoms with E-state index in [9.17, 15) is 10.0 Å². The second kappa shape index (κ2) is 5.40. The molecule has 1 N–H and O–H groups in total. The summed E-state index contributed by atoms with van der Waals surface area (Å²) in [6, 6.07) is 0. The Hall–Kier alpha value is -1.84. The van der Waals surface area contributed by atoms with Crippen LogP contribution in [0, 0.1) is 46.8 Å². The number of hydrogen-bond donors (Lipinski definition) is 1. The van der Waals surface area contributed by atoms with Crippen LogP contribution in [0.25, 0.3) is 0 Å². The van der Waals surface area contributed by atoms with Crippen molar-refractivity contribution in [3.8, 4) is 0 Å². The average Bonchev–Trinajstić information content (AvgIpc) is 3.35. The van der Waals surface area contributed by atoms with Crippen molar-refractivity contribution in [1.82, 2.24) is 0 Å². The Balaban J connectivity index is 1.41. The van der Waals surface area contributed by atoms with Gasteiger partial charge in [-0.25, -0.2) is 4.79 Å². The van der Waals surface area contributed by atoms with Gasteiger partial charge in [-0.1, -0.05) is 23.7 Å². The smallest absolute Gasteiger partial charge is 0.331 e. The highest BCUT2D eigenvalue weighted by molar-refractivity contribution is 5.96. The number of carbonyl (C=O) groups excluding carboxylic acids is 1. The third-order valence-electron chi connectivity index (χ3n) is 9.58. The molecule has 0 radical (unpaired) electrons. The maximum absolute atomic E-state index is 12.1. The zero-order valence-electron chi connectivity index (χ0n) is 16.5. The lowest BCUT2D eigenvalue weighted by molar-refractivity contribution is -0.169. The van der Waals surface area contributed by atoms with Gasteiger partial charge in [0.05, 0.1) is 5.71 Å². The molecule has 0 aromatic rings. The molecule has 0 aromatic heterocycles. The van der Waals surface area contributed by atoms with Crippen molar-refractivity contribution in [3.05, 3.63) is 36.5 Å². The van der Waals surface area contributed by atoms with Gasteiger partial charge in [0.25, 0.3) is 0 Å². The fraction of sp³-hybridized carbons (Fsp3) is 0.667. The van der Waals surface area contributed by atoms with Gasteiger partial charge in [0.1, 0.15) is 5.60 Å². The number of rotatable bonds is 1. The van der Waals surface area contributed by atoms with E-state index in [1.54, 1.807) is 6.08 Å². The van der Waals surface area contributed by atoms with Crippen molar-refractivity contribution >= 4 is 11.7 Å². The Morgan fingerprint density at radius 1 is 1.36 bits per heavy atom. The van der Waals surface area contributed by atoms with Gasteiger partial charge in [-0.3, -0.25) is 0 Å². The van der Waals surface area contributed by atoms with Crippen LogP contribution in [-0.4, -0.2) is 22.5 Å². The first-order chi connectivity index (χ1) is 13.5. The Morgan fingerprint density at radius 2 is 2.21 bits per heavy atom. The van der Waals surface area contributed by atoms with Crippen LogP contribution >= 0.6 is 0 Å². The number of nitrogens with zero attached hydrogens (tertiary/aromatic N) is 1. The molecule has 148 valence electrons. The number of oxime groups is 1. The number of hydrogen-bond acceptors (Lipinski definition) is 4. The van der Waals surface area contributed by atoms with Gasteiger partial charge >= 0.3 is 5.97 Å². The first-order valence-electron chi connectivity index (χ1n) is 11.0. The van der Waals surface area contributed by atoms with Gasteiger partial charge in [-0.15, -0.1) is 6.58 Å². The maximum atomic E-state index is 12.1. The summed E-state index contributed by atoms with van der Waals surface area (Å²) in [5.74, 6) is 4.08. The molecule has 1 aliphatic heterocycles. The fourth-order valence-electron chi connectivity index (χ4n) is 8.55. The van der Waals surface area contributed by atoms with Crippen molar-refractivity contribution in [1.29, 1.82) is 0 Å². The Morgan fingerprint density at radius 3 is 2.93 bits per heavy atom. The van der Waals surface area contributed by atoms with E-state index < -0.39 is 0 Å². The quantitative estimate of drug-likeness (QED) is 0.316. The highest BCUT2D eigenvalue weighted by Gasteiger charge is 2.78. The van der Waals surface area contributed by atoms with Crippen molar-refractivity contribution in [2.45, 2.75) is 51.0 Å². The largest absolute Gasteiger partial charge is 0.451 e. The highest BCUT2D eigenvalue weighted by Crippen LogP contribution is 2.78. The molecule has 0 bridgehead atoms. The predicted octanol–water partition coefficient (Wildman–Crippen LogP) is 4.51. The minimum absolute atomic E-state index is 0.0548. The molecule has 1 heterocycles. The maximum Gasteiger partial charge on any atom is 0.331 e. The molecule has 3 unspecified atom stereocenters. The SMILES string of the molecule is C=C[C@H]1CC2=C/C(=N/O)CC[C@@H]2C2CC[C@@]3(C)C(C21)[C@@H]1C[C@@H]1[C@@]31C=CC(=O)O1. The Labute approximate surface area is 166 Å². The van der Waals surface area contributed by atoms with Crippen LogP contribution in [0.5, 0.6) is 0 Å². The third kappa shape index (κ3) is 1.87. The number of fused-ring (bicyclic) bond motifs is 9. The van der Waals surface area contributed by atoms with Gasteiger partial charge in [0.2, 0.25) is 0 Å². The molecule has 0 saturated heterocycles. The molecular formula is C24H29NO3. The van der Waals surface area contributed by atoms with Crippen LogP contribution in [0.2, 0.25) is 0 Å². The van der Waals surface area contributed by atoms with Crippen LogP contribution in [0.1, 0.15) is 45.4 Å². The van der Waals surface area contributed by atoms with Crippen LogP contribution < -0.4 is 0 Å². The minimum atomic E-state index is -0.352. The monoisotopic (exact) mass is 379 g/mol. The molecular weight excluding hydrogens is 350 g/mol. The second-order valence-electron chi connectivity index (χ2n) is 10.3. The molecule has 28 heavy (non-hydrogen) atoms. The summed E-state index contributed by atoms with van der Waals surface area (Å²) in [5, 5.41) is 12.7. The third-order valence-corrected chi connectivity index (χ3v) is 9.58. The molecule has 5 aliphatic carbocycles. The molecule has 0 amide bonds. The summed E-state index contributed by atoms with van der Waals surface area (Å²) in [7, 11) is 0. The number of allylic oxidation sites excluding steroid dienone is 3. The van der Waals surface area contributed by atoms with Crippen LogP contribution in [0.3, 0.4) is 0 Å². The molecule has 6 aliphatic rings. The Kier molecular flexibility index (Phi) is 3.29. The number of carbonyl (C=O) groups is 1. The second-order valence-corrected chi connectivity index (χ2v) is 10.3. The van der Waals surface area contributed by atoms with E-state index in [1.807, 2.05) is 0 Å². The van der Waals surface area contributed by atoms with E-state index in [1.165, 1.54) is 18.4 Å². The molecule has 4 saturated carbocycles. The summed E-state index contributed by atoms with van der Waals surface area (Å²) in [4.78, 5) is 12.1. The van der Waals surface area contributed by atoms with E-state index in [0.29, 0.717) is 41.4 Å². The molecule has 9 atom stereocenters. The van der Waals surface area contributed by atoms with Gasteiger partial charge in [-0.2, -0.15) is 0 Å². The summed E-state index contributed by atoms with van der Waals surface area (Å²) in [5.41, 5.74) is 2.01. The van der Waals surface area contributed by atoms with E-state index in [-0.39, 0.29) is 17.0 Å². The lowest BCUT2D eigenvalue weighted by atomic mass is 9.47. The average molecular weight is 380 g/mol. The lowest BCUT2D eigenvalue weighted by Gasteiger charge is -2.58. The highest BCUT2D eigenvalue weighted by atomic mass is 16.6. The molecule has 6 rings (SSSR count). The van der Waals surface area contributed by atoms with Crippen molar-refractivity contribution < 1.29 is 14.7 Å². The van der Waals surface area contributed by atoms with E-state index >= 15 is 0 Å². The van der Waals surface area contributed by atoms with Crippen molar-refractivity contribution in [3.63, 3.8) is 0 Å². The van der Waals surface area contributed by atoms with Crippen LogP contribution in [-0.2, 0) is 9.53 Å². The topological polar surface area (TPSA) is 58.9 Å². The number of ether oxygens (including phenoxy) is 1. The zero-order valence-corrected chi connectivity index (χ0v) is 16.5. The summed E-state index contributed by atoms with van der Waals surface area (Å²) in [6.07, 6.45) is 14.7. The molecule has 4 fully saturated rings. The fourth-order valence-corrected chi connectivity index (χ4v) is 8.55. The van der Waals surface area contributed by atoms with Crippen molar-refractivity contribution in [2.75, 3.05) is 0 Å². The van der Waals surface area contributed by atoms with Gasteiger partial charge in [0, 0.05) is 17.4 Å². The van der Waals surface area contributed by atoms with Gasteiger partial charge in [0.15, 0.2) is 0 Å². The van der Waals surface area contributed by atoms with Crippen molar-refractivity contribution in [2.24, 2.45) is 52.0 Å². The van der Waals surface area contributed by atoms with Gasteiger partial charge < -0.3 is 9.94 Å². The van der Waals surface area contributed by atoms with E-state index in [4.69, 9.17) is 4.74 Å². The first kappa shape index (κ1) is 17.1. The zero-order chi connectivity index (χ0) is 19.3. The molecule has 4 heteroatoms. The first-order valence-corrected chi connectivity index (χ1v) is 11.0.